The molecule has 2 N–H and O–H groups in total. The summed E-state index contributed by atoms with van der Waals surface area (Å²) < 4.78 is 0. The zero-order chi connectivity index (χ0) is 13.5. The van der Waals surface area contributed by atoms with Crippen LogP contribution in [0.25, 0.3) is 0 Å². The van der Waals surface area contributed by atoms with E-state index in [1.807, 2.05) is 0 Å². The van der Waals surface area contributed by atoms with Gasteiger partial charge in [-0.3, -0.25) is 9.80 Å². The van der Waals surface area contributed by atoms with Crippen LogP contribution in [0.4, 0.5) is 0 Å². The molecule has 1 heterocycles. The fourth-order valence-corrected chi connectivity index (χ4v) is 3.87. The molecule has 2 aliphatic rings. The van der Waals surface area contributed by atoms with E-state index < -0.39 is 0 Å². The molecule has 1 aliphatic heterocycles. The number of piperazine rings is 1. The molecule has 0 bridgehead atoms. The van der Waals surface area contributed by atoms with E-state index >= 15 is 0 Å². The van der Waals surface area contributed by atoms with Gasteiger partial charge < -0.3 is 5.73 Å². The molecule has 3 nitrogen and oxygen atoms in total. The van der Waals surface area contributed by atoms with Gasteiger partial charge in [0.2, 0.25) is 0 Å². The van der Waals surface area contributed by atoms with Crippen LogP contribution in [-0.4, -0.2) is 54.6 Å². The van der Waals surface area contributed by atoms with Gasteiger partial charge in [-0.25, -0.2) is 0 Å². The molecule has 1 saturated carbocycles. The predicted octanol–water partition coefficient (Wildman–Crippen LogP) is 2.45. The molecule has 2 fully saturated rings. The minimum atomic E-state index is 0.626. The average molecular weight is 267 g/mol. The van der Waals surface area contributed by atoms with Gasteiger partial charge in [0.25, 0.3) is 0 Å². The maximum Gasteiger partial charge on any atom is 0.0219 e. The molecule has 0 aromatic heterocycles. The number of nitrogens with zero attached hydrogens (tertiary/aromatic N) is 2. The van der Waals surface area contributed by atoms with Crippen molar-refractivity contribution in [3.05, 3.63) is 0 Å². The van der Waals surface area contributed by atoms with Gasteiger partial charge in [0, 0.05) is 44.8 Å². The second-order valence-electron chi connectivity index (χ2n) is 6.40. The van der Waals surface area contributed by atoms with Gasteiger partial charge in [0.05, 0.1) is 0 Å². The van der Waals surface area contributed by atoms with E-state index in [1.165, 1.54) is 77.5 Å². The van der Waals surface area contributed by atoms with Crippen molar-refractivity contribution in [2.75, 3.05) is 32.7 Å². The summed E-state index contributed by atoms with van der Waals surface area (Å²) >= 11 is 0. The zero-order valence-electron chi connectivity index (χ0n) is 12.8. The summed E-state index contributed by atoms with van der Waals surface area (Å²) in [5.74, 6) is 0. The summed E-state index contributed by atoms with van der Waals surface area (Å²) in [6.07, 6.45) is 11.2. The lowest BCUT2D eigenvalue weighted by atomic mass is 10.0. The lowest BCUT2D eigenvalue weighted by Crippen LogP contribution is -2.54. The van der Waals surface area contributed by atoms with E-state index in [2.05, 4.69) is 16.7 Å². The van der Waals surface area contributed by atoms with E-state index in [4.69, 9.17) is 5.73 Å². The third-order valence-electron chi connectivity index (χ3n) is 5.10. The van der Waals surface area contributed by atoms with Crippen LogP contribution in [0, 0.1) is 0 Å². The van der Waals surface area contributed by atoms with E-state index in [0.717, 1.165) is 12.6 Å². The molecule has 1 unspecified atom stereocenters. The Labute approximate surface area is 119 Å². The second kappa shape index (κ2) is 8.23. The van der Waals surface area contributed by atoms with Crippen LogP contribution in [0.5, 0.6) is 0 Å². The van der Waals surface area contributed by atoms with Crippen LogP contribution < -0.4 is 5.73 Å². The highest BCUT2D eigenvalue weighted by Crippen LogP contribution is 2.23. The lowest BCUT2D eigenvalue weighted by Gasteiger charge is -2.42. The van der Waals surface area contributed by atoms with E-state index in [1.54, 1.807) is 0 Å². The van der Waals surface area contributed by atoms with Crippen molar-refractivity contribution < 1.29 is 0 Å². The Bertz CT molecular complexity index is 228. The monoisotopic (exact) mass is 267 g/mol. The molecule has 0 spiro atoms. The fraction of sp³-hybridized carbons (Fsp3) is 1.00. The Kier molecular flexibility index (Phi) is 6.62. The Morgan fingerprint density at radius 2 is 1.63 bits per heavy atom. The maximum atomic E-state index is 5.93. The molecule has 112 valence electrons. The van der Waals surface area contributed by atoms with Crippen LogP contribution in [-0.2, 0) is 0 Å². The van der Waals surface area contributed by atoms with Crippen molar-refractivity contribution in [3.8, 4) is 0 Å². The molecular weight excluding hydrogens is 234 g/mol. The molecule has 2 rings (SSSR count). The SMILES string of the molecule is CCCC(CN)N1CCN(C2CCCCCC2)CC1. The summed E-state index contributed by atoms with van der Waals surface area (Å²) in [5.41, 5.74) is 5.93. The molecule has 3 heteroatoms. The number of nitrogens with two attached hydrogens (primary N) is 1. The standard InChI is InChI=1S/C16H33N3/c1-2-7-16(14-17)19-12-10-18(11-13-19)15-8-5-3-4-6-9-15/h15-16H,2-14,17H2,1H3. The third kappa shape index (κ3) is 4.44. The van der Waals surface area contributed by atoms with Crippen molar-refractivity contribution in [1.82, 2.24) is 9.80 Å². The largest absolute Gasteiger partial charge is 0.329 e. The molecule has 0 radical (unpaired) electrons. The molecule has 1 saturated heterocycles. The van der Waals surface area contributed by atoms with Crippen molar-refractivity contribution in [1.29, 1.82) is 0 Å². The lowest BCUT2D eigenvalue weighted by molar-refractivity contribution is 0.0631. The first kappa shape index (κ1) is 15.3. The molecule has 0 aromatic rings. The average Bonchev–Trinajstić information content (AvgIpc) is 2.74. The summed E-state index contributed by atoms with van der Waals surface area (Å²) in [5, 5.41) is 0. The number of rotatable bonds is 5. The van der Waals surface area contributed by atoms with Gasteiger partial charge in [-0.2, -0.15) is 0 Å². The molecule has 0 amide bonds. The van der Waals surface area contributed by atoms with E-state index in [0.29, 0.717) is 6.04 Å². The van der Waals surface area contributed by atoms with E-state index in [9.17, 15) is 0 Å². The van der Waals surface area contributed by atoms with Gasteiger partial charge in [0.1, 0.15) is 0 Å². The summed E-state index contributed by atoms with van der Waals surface area (Å²) in [6, 6.07) is 1.51. The quantitative estimate of drug-likeness (QED) is 0.777. The van der Waals surface area contributed by atoms with Gasteiger partial charge >= 0.3 is 0 Å². The van der Waals surface area contributed by atoms with Crippen molar-refractivity contribution in [2.45, 2.75) is 70.4 Å². The number of hydrogen-bond donors (Lipinski definition) is 1. The van der Waals surface area contributed by atoms with Crippen molar-refractivity contribution >= 4 is 0 Å². The Balaban J connectivity index is 1.77. The molecular formula is C16H33N3. The second-order valence-corrected chi connectivity index (χ2v) is 6.40. The molecule has 0 aromatic carbocycles. The minimum absolute atomic E-state index is 0.626. The molecule has 1 aliphatic carbocycles. The van der Waals surface area contributed by atoms with Gasteiger partial charge in [-0.05, 0) is 19.3 Å². The summed E-state index contributed by atoms with van der Waals surface area (Å²) in [7, 11) is 0. The van der Waals surface area contributed by atoms with Gasteiger partial charge in [-0.15, -0.1) is 0 Å². The zero-order valence-corrected chi connectivity index (χ0v) is 12.8. The van der Waals surface area contributed by atoms with E-state index in [-0.39, 0.29) is 0 Å². The Morgan fingerprint density at radius 3 is 2.16 bits per heavy atom. The van der Waals surface area contributed by atoms with Crippen molar-refractivity contribution in [3.63, 3.8) is 0 Å². The first-order chi connectivity index (χ1) is 9.35. The van der Waals surface area contributed by atoms with Gasteiger partial charge in [0.15, 0.2) is 0 Å². The Hall–Kier alpha value is -0.120. The van der Waals surface area contributed by atoms with Crippen LogP contribution in [0.3, 0.4) is 0 Å². The Morgan fingerprint density at radius 1 is 1.00 bits per heavy atom. The normalized spacial score (nSPS) is 26.2. The first-order valence-corrected chi connectivity index (χ1v) is 8.53. The third-order valence-corrected chi connectivity index (χ3v) is 5.10. The smallest absolute Gasteiger partial charge is 0.0219 e. The highest BCUT2D eigenvalue weighted by atomic mass is 15.3. The first-order valence-electron chi connectivity index (χ1n) is 8.53. The summed E-state index contributed by atoms with van der Waals surface area (Å²) in [4.78, 5) is 5.40. The highest BCUT2D eigenvalue weighted by molar-refractivity contribution is 4.83. The van der Waals surface area contributed by atoms with Crippen LogP contribution in [0.2, 0.25) is 0 Å². The molecule has 19 heavy (non-hydrogen) atoms. The predicted molar refractivity (Wildman–Crippen MR) is 82.4 cm³/mol. The minimum Gasteiger partial charge on any atom is -0.329 e. The van der Waals surface area contributed by atoms with Crippen molar-refractivity contribution in [2.24, 2.45) is 5.73 Å². The van der Waals surface area contributed by atoms with Crippen LogP contribution in [0.15, 0.2) is 0 Å². The van der Waals surface area contributed by atoms with Crippen LogP contribution >= 0.6 is 0 Å². The highest BCUT2D eigenvalue weighted by Gasteiger charge is 2.26. The number of hydrogen-bond acceptors (Lipinski definition) is 3. The summed E-state index contributed by atoms with van der Waals surface area (Å²) in [6.45, 7) is 8.11. The fourth-order valence-electron chi connectivity index (χ4n) is 3.87. The van der Waals surface area contributed by atoms with Gasteiger partial charge in [-0.1, -0.05) is 39.0 Å². The topological polar surface area (TPSA) is 32.5 Å². The van der Waals surface area contributed by atoms with Crippen LogP contribution in [0.1, 0.15) is 58.3 Å². The maximum absolute atomic E-state index is 5.93. The molecule has 1 atom stereocenters.